The molecule has 1 heterocycles. The van der Waals surface area contributed by atoms with E-state index in [0.29, 0.717) is 13.1 Å². The lowest BCUT2D eigenvalue weighted by molar-refractivity contribution is -0.385. The first-order valence-electron chi connectivity index (χ1n) is 6.47. The number of hydrogen-bond donors (Lipinski definition) is 1. The maximum absolute atomic E-state index is 12.0. The van der Waals surface area contributed by atoms with E-state index in [9.17, 15) is 14.9 Å². The van der Waals surface area contributed by atoms with E-state index in [4.69, 9.17) is 10.5 Å². The minimum atomic E-state index is -0.531. The summed E-state index contributed by atoms with van der Waals surface area (Å²) in [7, 11) is 0. The van der Waals surface area contributed by atoms with Crippen LogP contribution in [-0.2, 0) is 4.79 Å². The molecule has 1 fully saturated rings. The summed E-state index contributed by atoms with van der Waals surface area (Å²) in [5.41, 5.74) is 5.67. The zero-order valence-electron chi connectivity index (χ0n) is 11.0. The van der Waals surface area contributed by atoms with Gasteiger partial charge in [-0.25, -0.2) is 0 Å². The minimum absolute atomic E-state index is 0.00115. The molecule has 2 N–H and O–H groups in total. The van der Waals surface area contributed by atoms with E-state index in [1.54, 1.807) is 17.0 Å². The third kappa shape index (κ3) is 3.45. The van der Waals surface area contributed by atoms with Gasteiger partial charge in [0.25, 0.3) is 5.91 Å². The summed E-state index contributed by atoms with van der Waals surface area (Å²) in [6, 6.07) is 6.00. The Bertz CT molecular complexity index is 506. The van der Waals surface area contributed by atoms with E-state index in [0.717, 1.165) is 12.8 Å². The van der Waals surface area contributed by atoms with Crippen LogP contribution in [0.15, 0.2) is 24.3 Å². The molecular weight excluding hydrogens is 262 g/mol. The molecule has 20 heavy (non-hydrogen) atoms. The molecule has 0 radical (unpaired) electrons. The van der Waals surface area contributed by atoms with Crippen LogP contribution in [0.3, 0.4) is 0 Å². The second kappa shape index (κ2) is 6.33. The first-order valence-corrected chi connectivity index (χ1v) is 6.47. The average molecular weight is 279 g/mol. The van der Waals surface area contributed by atoms with Crippen molar-refractivity contribution in [2.24, 2.45) is 5.73 Å². The zero-order chi connectivity index (χ0) is 14.5. The maximum atomic E-state index is 12.0. The van der Waals surface area contributed by atoms with E-state index in [-0.39, 0.29) is 30.0 Å². The standard InChI is InChI=1S/C13H17N3O4/c14-10-4-3-7-15(8-10)13(17)9-20-12-6-2-1-5-11(12)16(18)19/h1-2,5-6,10H,3-4,7-9,14H2. The van der Waals surface area contributed by atoms with Gasteiger partial charge in [-0.15, -0.1) is 0 Å². The van der Waals surface area contributed by atoms with Gasteiger partial charge >= 0.3 is 5.69 Å². The van der Waals surface area contributed by atoms with E-state index in [2.05, 4.69) is 0 Å². The van der Waals surface area contributed by atoms with Crippen LogP contribution >= 0.6 is 0 Å². The summed E-state index contributed by atoms with van der Waals surface area (Å²) < 4.78 is 5.28. The maximum Gasteiger partial charge on any atom is 0.310 e. The molecule has 108 valence electrons. The fourth-order valence-corrected chi connectivity index (χ4v) is 2.20. The van der Waals surface area contributed by atoms with Gasteiger partial charge in [-0.1, -0.05) is 12.1 Å². The quantitative estimate of drug-likeness (QED) is 0.652. The highest BCUT2D eigenvalue weighted by molar-refractivity contribution is 5.78. The smallest absolute Gasteiger partial charge is 0.310 e. The normalized spacial score (nSPS) is 18.6. The Morgan fingerprint density at radius 2 is 2.25 bits per heavy atom. The first-order chi connectivity index (χ1) is 9.58. The molecule has 0 bridgehead atoms. The number of amides is 1. The average Bonchev–Trinajstić information content (AvgIpc) is 2.45. The molecule has 1 aromatic rings. The van der Waals surface area contributed by atoms with Crippen molar-refractivity contribution in [3.63, 3.8) is 0 Å². The number of nitro benzene ring substituents is 1. The number of carbonyl (C=O) groups excluding carboxylic acids is 1. The predicted molar refractivity (Wildman–Crippen MR) is 72.4 cm³/mol. The summed E-state index contributed by atoms with van der Waals surface area (Å²) in [4.78, 5) is 23.9. The summed E-state index contributed by atoms with van der Waals surface area (Å²) in [5.74, 6) is -0.0922. The van der Waals surface area contributed by atoms with Gasteiger partial charge in [0.05, 0.1) is 4.92 Å². The van der Waals surface area contributed by atoms with Crippen LogP contribution in [0.5, 0.6) is 5.75 Å². The summed E-state index contributed by atoms with van der Waals surface area (Å²) in [5, 5.41) is 10.8. The van der Waals surface area contributed by atoms with Gasteiger partial charge in [0, 0.05) is 25.2 Å². The summed E-state index contributed by atoms with van der Waals surface area (Å²) in [6.07, 6.45) is 1.78. The molecule has 1 atom stereocenters. The fraction of sp³-hybridized carbons (Fsp3) is 0.462. The molecule has 0 aliphatic carbocycles. The fourth-order valence-electron chi connectivity index (χ4n) is 2.20. The van der Waals surface area contributed by atoms with Crippen LogP contribution in [-0.4, -0.2) is 41.5 Å². The third-order valence-corrected chi connectivity index (χ3v) is 3.22. The van der Waals surface area contributed by atoms with Crippen LogP contribution in [0.25, 0.3) is 0 Å². The van der Waals surface area contributed by atoms with Gasteiger partial charge in [-0.3, -0.25) is 14.9 Å². The van der Waals surface area contributed by atoms with Crippen LogP contribution in [0, 0.1) is 10.1 Å². The van der Waals surface area contributed by atoms with E-state index in [1.807, 2.05) is 0 Å². The number of nitrogens with two attached hydrogens (primary N) is 1. The topological polar surface area (TPSA) is 98.7 Å². The van der Waals surface area contributed by atoms with Crippen molar-refractivity contribution in [2.75, 3.05) is 19.7 Å². The summed E-state index contributed by atoms with van der Waals surface area (Å²) in [6.45, 7) is 0.962. The van der Waals surface area contributed by atoms with Crippen molar-refractivity contribution >= 4 is 11.6 Å². The largest absolute Gasteiger partial charge is 0.477 e. The number of nitro groups is 1. The lowest BCUT2D eigenvalue weighted by atomic mass is 10.1. The number of hydrogen-bond acceptors (Lipinski definition) is 5. The Morgan fingerprint density at radius 1 is 1.50 bits per heavy atom. The molecule has 1 aliphatic heterocycles. The van der Waals surface area contributed by atoms with Gasteiger partial charge in [0.1, 0.15) is 0 Å². The van der Waals surface area contributed by atoms with Crippen LogP contribution in [0.4, 0.5) is 5.69 Å². The molecule has 0 spiro atoms. The minimum Gasteiger partial charge on any atom is -0.477 e. The van der Waals surface area contributed by atoms with Crippen LogP contribution in [0.1, 0.15) is 12.8 Å². The second-order valence-corrected chi connectivity index (χ2v) is 4.76. The monoisotopic (exact) mass is 279 g/mol. The molecule has 1 unspecified atom stereocenters. The lowest BCUT2D eigenvalue weighted by Gasteiger charge is -2.30. The molecule has 7 heteroatoms. The van der Waals surface area contributed by atoms with Crippen molar-refractivity contribution in [1.82, 2.24) is 4.90 Å². The molecule has 2 rings (SSSR count). The van der Waals surface area contributed by atoms with Crippen molar-refractivity contribution in [2.45, 2.75) is 18.9 Å². The van der Waals surface area contributed by atoms with Crippen LogP contribution in [0.2, 0.25) is 0 Å². The third-order valence-electron chi connectivity index (χ3n) is 3.22. The lowest BCUT2D eigenvalue weighted by Crippen LogP contribution is -2.47. The Labute approximate surface area is 116 Å². The number of carbonyl (C=O) groups is 1. The molecule has 1 aliphatic rings. The van der Waals surface area contributed by atoms with Crippen molar-refractivity contribution in [3.05, 3.63) is 34.4 Å². The van der Waals surface area contributed by atoms with Gasteiger partial charge < -0.3 is 15.4 Å². The van der Waals surface area contributed by atoms with Crippen molar-refractivity contribution in [1.29, 1.82) is 0 Å². The van der Waals surface area contributed by atoms with Gasteiger partial charge in [-0.2, -0.15) is 0 Å². The number of ether oxygens (including phenoxy) is 1. The molecule has 7 nitrogen and oxygen atoms in total. The number of piperidine rings is 1. The Morgan fingerprint density at radius 3 is 2.95 bits per heavy atom. The van der Waals surface area contributed by atoms with Crippen LogP contribution < -0.4 is 10.5 Å². The molecule has 1 amide bonds. The highest BCUT2D eigenvalue weighted by Crippen LogP contribution is 2.25. The number of benzene rings is 1. The van der Waals surface area contributed by atoms with Gasteiger partial charge in [0.2, 0.25) is 0 Å². The number of nitrogens with zero attached hydrogens (tertiary/aromatic N) is 2. The number of para-hydroxylation sites is 2. The Kier molecular flexibility index (Phi) is 4.52. The van der Waals surface area contributed by atoms with Crippen molar-refractivity contribution in [3.8, 4) is 5.75 Å². The summed E-state index contributed by atoms with van der Waals surface area (Å²) >= 11 is 0. The molecule has 0 aromatic heterocycles. The Hall–Kier alpha value is -2.15. The molecular formula is C13H17N3O4. The highest BCUT2D eigenvalue weighted by atomic mass is 16.6. The Balaban J connectivity index is 1.95. The van der Waals surface area contributed by atoms with Gasteiger partial charge in [-0.05, 0) is 18.9 Å². The molecule has 1 aromatic carbocycles. The van der Waals surface area contributed by atoms with E-state index < -0.39 is 4.92 Å². The highest BCUT2D eigenvalue weighted by Gasteiger charge is 2.22. The first kappa shape index (κ1) is 14.3. The molecule has 0 saturated carbocycles. The number of rotatable bonds is 4. The SMILES string of the molecule is NC1CCCN(C(=O)COc2ccccc2[N+](=O)[O-])C1. The zero-order valence-corrected chi connectivity index (χ0v) is 11.0. The van der Waals surface area contributed by atoms with Gasteiger partial charge in [0.15, 0.2) is 12.4 Å². The van der Waals surface area contributed by atoms with E-state index in [1.165, 1.54) is 12.1 Å². The molecule has 1 saturated heterocycles. The second-order valence-electron chi connectivity index (χ2n) is 4.76. The van der Waals surface area contributed by atoms with E-state index >= 15 is 0 Å². The number of likely N-dealkylation sites (tertiary alicyclic amines) is 1. The van der Waals surface area contributed by atoms with Crippen molar-refractivity contribution < 1.29 is 14.5 Å². The predicted octanol–water partition coefficient (Wildman–Crippen LogP) is 0.923.